The van der Waals surface area contributed by atoms with Gasteiger partial charge in [0.1, 0.15) is 11.9 Å². The maximum absolute atomic E-state index is 6.03. The van der Waals surface area contributed by atoms with E-state index in [-0.39, 0.29) is 6.10 Å². The molecule has 112 valence electrons. The van der Waals surface area contributed by atoms with Gasteiger partial charge in [0.05, 0.1) is 6.54 Å². The summed E-state index contributed by atoms with van der Waals surface area (Å²) in [5.41, 5.74) is 1.16. The minimum absolute atomic E-state index is 0.154. The highest BCUT2D eigenvalue weighted by atomic mass is 16.5. The standard InChI is InChI=1S/C20H21NO/c1-2-17(22-18-11-4-3-5-12-18)15-21-20-14-8-10-16-9-6-7-13-19(16)20/h3-14,17,21H,2,15H2,1H3/t17-/m1/s1. The Labute approximate surface area is 131 Å². The van der Waals surface area contributed by atoms with E-state index in [1.807, 2.05) is 30.3 Å². The molecule has 0 spiro atoms. The molecular weight excluding hydrogens is 270 g/mol. The SMILES string of the molecule is CC[C@H](CNc1cccc2ccccc12)Oc1ccccc1. The van der Waals surface area contributed by atoms with Gasteiger partial charge in [-0.3, -0.25) is 0 Å². The summed E-state index contributed by atoms with van der Waals surface area (Å²) in [5, 5.41) is 6.04. The molecule has 0 amide bonds. The van der Waals surface area contributed by atoms with Gasteiger partial charge < -0.3 is 10.1 Å². The van der Waals surface area contributed by atoms with Gasteiger partial charge in [-0.05, 0) is 30.0 Å². The highest BCUT2D eigenvalue weighted by Crippen LogP contribution is 2.23. The van der Waals surface area contributed by atoms with Gasteiger partial charge in [-0.15, -0.1) is 0 Å². The van der Waals surface area contributed by atoms with Crippen molar-refractivity contribution in [2.24, 2.45) is 0 Å². The number of hydrogen-bond donors (Lipinski definition) is 1. The van der Waals surface area contributed by atoms with E-state index >= 15 is 0 Å². The van der Waals surface area contributed by atoms with Gasteiger partial charge in [-0.2, -0.15) is 0 Å². The Morgan fingerprint density at radius 3 is 2.41 bits per heavy atom. The van der Waals surface area contributed by atoms with Gasteiger partial charge in [0.15, 0.2) is 0 Å². The molecule has 0 aliphatic carbocycles. The van der Waals surface area contributed by atoms with Gasteiger partial charge in [-0.25, -0.2) is 0 Å². The van der Waals surface area contributed by atoms with Crippen LogP contribution in [-0.4, -0.2) is 12.6 Å². The third kappa shape index (κ3) is 3.40. The van der Waals surface area contributed by atoms with E-state index in [4.69, 9.17) is 4.74 Å². The van der Waals surface area contributed by atoms with Crippen LogP contribution < -0.4 is 10.1 Å². The third-order valence-electron chi connectivity index (χ3n) is 3.81. The van der Waals surface area contributed by atoms with Gasteiger partial charge in [0.2, 0.25) is 0 Å². The normalized spacial score (nSPS) is 12.0. The van der Waals surface area contributed by atoms with Gasteiger partial charge in [0.25, 0.3) is 0 Å². The molecule has 0 fully saturated rings. The van der Waals surface area contributed by atoms with Crippen LogP contribution >= 0.6 is 0 Å². The van der Waals surface area contributed by atoms with Crippen molar-refractivity contribution < 1.29 is 4.74 Å². The molecule has 3 aromatic carbocycles. The van der Waals surface area contributed by atoms with Crippen LogP contribution in [0.4, 0.5) is 5.69 Å². The van der Waals surface area contributed by atoms with Crippen LogP contribution in [0, 0.1) is 0 Å². The molecular formula is C20H21NO. The molecule has 0 saturated heterocycles. The van der Waals surface area contributed by atoms with E-state index in [0.717, 1.165) is 24.4 Å². The summed E-state index contributed by atoms with van der Waals surface area (Å²) in [6.45, 7) is 2.94. The van der Waals surface area contributed by atoms with Crippen molar-refractivity contribution in [1.29, 1.82) is 0 Å². The molecule has 2 heteroatoms. The van der Waals surface area contributed by atoms with E-state index in [2.05, 4.69) is 54.7 Å². The maximum atomic E-state index is 6.03. The molecule has 0 aliphatic heterocycles. The molecule has 2 nitrogen and oxygen atoms in total. The fourth-order valence-corrected chi connectivity index (χ4v) is 2.56. The molecule has 3 aromatic rings. The molecule has 3 rings (SSSR count). The largest absolute Gasteiger partial charge is 0.489 e. The van der Waals surface area contributed by atoms with Crippen molar-refractivity contribution >= 4 is 16.5 Å². The number of ether oxygens (including phenoxy) is 1. The van der Waals surface area contributed by atoms with E-state index < -0.39 is 0 Å². The van der Waals surface area contributed by atoms with Crippen molar-refractivity contribution in [3.8, 4) is 5.75 Å². The minimum Gasteiger partial charge on any atom is -0.489 e. The first-order valence-corrected chi connectivity index (χ1v) is 7.80. The van der Waals surface area contributed by atoms with Crippen molar-refractivity contribution in [2.45, 2.75) is 19.4 Å². The highest BCUT2D eigenvalue weighted by molar-refractivity contribution is 5.93. The Kier molecular flexibility index (Phi) is 4.59. The fraction of sp³-hybridized carbons (Fsp3) is 0.200. The molecule has 0 radical (unpaired) electrons. The number of benzene rings is 3. The first-order valence-electron chi connectivity index (χ1n) is 7.80. The number of anilines is 1. The molecule has 0 saturated carbocycles. The van der Waals surface area contributed by atoms with Crippen molar-refractivity contribution in [3.63, 3.8) is 0 Å². The van der Waals surface area contributed by atoms with Crippen LogP contribution in [-0.2, 0) is 0 Å². The molecule has 1 N–H and O–H groups in total. The van der Waals surface area contributed by atoms with Crippen LogP contribution in [0.25, 0.3) is 10.8 Å². The Morgan fingerprint density at radius 1 is 0.864 bits per heavy atom. The smallest absolute Gasteiger partial charge is 0.119 e. The Hall–Kier alpha value is -2.48. The lowest BCUT2D eigenvalue weighted by atomic mass is 10.1. The summed E-state index contributed by atoms with van der Waals surface area (Å²) in [6.07, 6.45) is 1.12. The van der Waals surface area contributed by atoms with Crippen molar-refractivity contribution in [3.05, 3.63) is 72.8 Å². The van der Waals surface area contributed by atoms with Crippen LogP contribution in [0.15, 0.2) is 72.8 Å². The zero-order valence-corrected chi connectivity index (χ0v) is 12.8. The van der Waals surface area contributed by atoms with Gasteiger partial charge in [-0.1, -0.05) is 61.5 Å². The summed E-state index contributed by atoms with van der Waals surface area (Å²) in [6, 6.07) is 24.8. The lowest BCUT2D eigenvalue weighted by molar-refractivity contribution is 0.210. The average molecular weight is 291 g/mol. The second-order valence-corrected chi connectivity index (χ2v) is 5.37. The van der Waals surface area contributed by atoms with Crippen LogP contribution in [0.5, 0.6) is 5.75 Å². The zero-order valence-electron chi connectivity index (χ0n) is 12.8. The summed E-state index contributed by atoms with van der Waals surface area (Å²) in [5.74, 6) is 0.925. The predicted octanol–water partition coefficient (Wildman–Crippen LogP) is 5.11. The number of para-hydroxylation sites is 1. The lowest BCUT2D eigenvalue weighted by Crippen LogP contribution is -2.25. The first-order chi connectivity index (χ1) is 10.9. The van der Waals surface area contributed by atoms with Crippen LogP contribution in [0.2, 0.25) is 0 Å². The van der Waals surface area contributed by atoms with E-state index in [0.29, 0.717) is 0 Å². The van der Waals surface area contributed by atoms with Crippen LogP contribution in [0.3, 0.4) is 0 Å². The Morgan fingerprint density at radius 2 is 1.59 bits per heavy atom. The quantitative estimate of drug-likeness (QED) is 0.681. The molecule has 0 heterocycles. The lowest BCUT2D eigenvalue weighted by Gasteiger charge is -2.19. The summed E-state index contributed by atoms with van der Waals surface area (Å²) >= 11 is 0. The third-order valence-corrected chi connectivity index (χ3v) is 3.81. The van der Waals surface area contributed by atoms with E-state index in [1.165, 1.54) is 10.8 Å². The number of fused-ring (bicyclic) bond motifs is 1. The van der Waals surface area contributed by atoms with Gasteiger partial charge >= 0.3 is 0 Å². The summed E-state index contributed by atoms with van der Waals surface area (Å²) < 4.78 is 6.03. The fourth-order valence-electron chi connectivity index (χ4n) is 2.56. The Bertz CT molecular complexity index is 719. The first kappa shape index (κ1) is 14.5. The zero-order chi connectivity index (χ0) is 15.2. The van der Waals surface area contributed by atoms with Gasteiger partial charge in [0, 0.05) is 11.1 Å². The number of nitrogens with one attached hydrogen (secondary N) is 1. The average Bonchev–Trinajstić information content (AvgIpc) is 2.59. The van der Waals surface area contributed by atoms with Crippen molar-refractivity contribution in [2.75, 3.05) is 11.9 Å². The second kappa shape index (κ2) is 6.99. The van der Waals surface area contributed by atoms with E-state index in [9.17, 15) is 0 Å². The predicted molar refractivity (Wildman–Crippen MR) is 93.6 cm³/mol. The summed E-state index contributed by atoms with van der Waals surface area (Å²) in [7, 11) is 0. The number of rotatable bonds is 6. The minimum atomic E-state index is 0.154. The maximum Gasteiger partial charge on any atom is 0.119 e. The molecule has 0 unspecified atom stereocenters. The monoisotopic (exact) mass is 291 g/mol. The topological polar surface area (TPSA) is 21.3 Å². The van der Waals surface area contributed by atoms with Crippen LogP contribution in [0.1, 0.15) is 13.3 Å². The molecule has 0 aromatic heterocycles. The Balaban J connectivity index is 1.69. The second-order valence-electron chi connectivity index (χ2n) is 5.37. The molecule has 0 bridgehead atoms. The van der Waals surface area contributed by atoms with E-state index in [1.54, 1.807) is 0 Å². The van der Waals surface area contributed by atoms with Crippen molar-refractivity contribution in [1.82, 2.24) is 0 Å². The summed E-state index contributed by atoms with van der Waals surface area (Å²) in [4.78, 5) is 0. The molecule has 22 heavy (non-hydrogen) atoms. The number of hydrogen-bond acceptors (Lipinski definition) is 2. The molecule has 1 atom stereocenters. The highest BCUT2D eigenvalue weighted by Gasteiger charge is 2.08. The molecule has 0 aliphatic rings.